The molecule has 0 aliphatic heterocycles. The predicted molar refractivity (Wildman–Crippen MR) is 81.7 cm³/mol. The van der Waals surface area contributed by atoms with Crippen LogP contribution in [0.2, 0.25) is 0 Å². The van der Waals surface area contributed by atoms with Crippen LogP contribution in [0.4, 0.5) is 0 Å². The lowest BCUT2D eigenvalue weighted by Crippen LogP contribution is -2.34. The van der Waals surface area contributed by atoms with Crippen LogP contribution in [0, 0.1) is 6.92 Å². The Labute approximate surface area is 117 Å². The molecule has 0 aliphatic rings. The minimum Gasteiger partial charge on any atom is -0.508 e. The van der Waals surface area contributed by atoms with Gasteiger partial charge in [-0.1, -0.05) is 24.6 Å². The quantitative estimate of drug-likeness (QED) is 0.820. The Morgan fingerprint density at radius 2 is 1.84 bits per heavy atom. The van der Waals surface area contributed by atoms with E-state index in [0.29, 0.717) is 5.75 Å². The third-order valence-electron chi connectivity index (χ3n) is 3.53. The largest absolute Gasteiger partial charge is 0.508 e. The first-order chi connectivity index (χ1) is 8.95. The molecule has 108 valence electrons. The zero-order chi connectivity index (χ0) is 14.4. The number of hydrogen-bond acceptors (Lipinski definition) is 3. The van der Waals surface area contributed by atoms with Crippen LogP contribution in [0.25, 0.3) is 0 Å². The Hall–Kier alpha value is -1.06. The van der Waals surface area contributed by atoms with E-state index in [1.54, 1.807) is 6.07 Å². The van der Waals surface area contributed by atoms with Gasteiger partial charge in [-0.05, 0) is 47.0 Å². The maximum atomic E-state index is 10.1. The van der Waals surface area contributed by atoms with E-state index in [-0.39, 0.29) is 6.04 Å². The molecule has 0 bridgehead atoms. The normalized spacial score (nSPS) is 13.2. The Balaban J connectivity index is 2.85. The summed E-state index contributed by atoms with van der Waals surface area (Å²) in [4.78, 5) is 4.64. The molecule has 1 atom stereocenters. The number of benzene rings is 1. The zero-order valence-electron chi connectivity index (χ0n) is 13.0. The number of nitrogens with zero attached hydrogens (tertiary/aromatic N) is 2. The van der Waals surface area contributed by atoms with Gasteiger partial charge < -0.3 is 10.0 Å². The van der Waals surface area contributed by atoms with Crippen molar-refractivity contribution in [2.24, 2.45) is 0 Å². The van der Waals surface area contributed by atoms with Crippen LogP contribution in [-0.2, 0) is 0 Å². The molecular weight excluding hydrogens is 236 g/mol. The third-order valence-corrected chi connectivity index (χ3v) is 3.53. The van der Waals surface area contributed by atoms with Gasteiger partial charge in [-0.25, -0.2) is 0 Å². The molecule has 1 N–H and O–H groups in total. The Morgan fingerprint density at radius 3 is 2.42 bits per heavy atom. The fourth-order valence-corrected chi connectivity index (χ4v) is 2.32. The Kier molecular flexibility index (Phi) is 6.32. The molecule has 0 aliphatic carbocycles. The van der Waals surface area contributed by atoms with Gasteiger partial charge >= 0.3 is 0 Å². The van der Waals surface area contributed by atoms with E-state index >= 15 is 0 Å². The topological polar surface area (TPSA) is 26.7 Å². The highest BCUT2D eigenvalue weighted by molar-refractivity contribution is 5.37. The maximum Gasteiger partial charge on any atom is 0.120 e. The average Bonchev–Trinajstić information content (AvgIpc) is 2.36. The minimum absolute atomic E-state index is 0.250. The molecular formula is C16H28N2O. The minimum atomic E-state index is 0.250. The summed E-state index contributed by atoms with van der Waals surface area (Å²) in [6.45, 7) is 9.57. The summed E-state index contributed by atoms with van der Waals surface area (Å²) >= 11 is 0. The van der Waals surface area contributed by atoms with E-state index in [1.165, 1.54) is 5.56 Å². The van der Waals surface area contributed by atoms with Crippen molar-refractivity contribution in [3.8, 4) is 5.75 Å². The van der Waals surface area contributed by atoms with E-state index in [4.69, 9.17) is 0 Å². The standard InChI is InChI=1S/C16H28N2O/c1-6-9-18(11-10-17(4)5)14(3)15-12-13(2)7-8-16(15)19/h7-8,12,14,19H,6,9-11H2,1-5H3. The highest BCUT2D eigenvalue weighted by Gasteiger charge is 2.18. The van der Waals surface area contributed by atoms with Gasteiger partial charge in [-0.15, -0.1) is 0 Å². The first-order valence-electron chi connectivity index (χ1n) is 7.14. The van der Waals surface area contributed by atoms with Crippen molar-refractivity contribution < 1.29 is 5.11 Å². The van der Waals surface area contributed by atoms with E-state index in [9.17, 15) is 5.11 Å². The third kappa shape index (κ3) is 4.84. The molecule has 1 unspecified atom stereocenters. The molecule has 3 nitrogen and oxygen atoms in total. The van der Waals surface area contributed by atoms with E-state index in [2.05, 4.69) is 50.7 Å². The number of rotatable bonds is 7. The van der Waals surface area contributed by atoms with Gasteiger partial charge in [0.25, 0.3) is 0 Å². The second kappa shape index (κ2) is 7.51. The molecule has 0 saturated heterocycles. The average molecular weight is 264 g/mol. The van der Waals surface area contributed by atoms with Crippen LogP contribution in [0.3, 0.4) is 0 Å². The zero-order valence-corrected chi connectivity index (χ0v) is 13.0. The summed E-state index contributed by atoms with van der Waals surface area (Å²) in [5.74, 6) is 0.407. The Bertz CT molecular complexity index is 390. The van der Waals surface area contributed by atoms with E-state index < -0.39 is 0 Å². The smallest absolute Gasteiger partial charge is 0.120 e. The van der Waals surface area contributed by atoms with Gasteiger partial charge in [0.05, 0.1) is 0 Å². The number of aryl methyl sites for hydroxylation is 1. The van der Waals surface area contributed by atoms with Crippen LogP contribution in [0.1, 0.15) is 37.4 Å². The molecule has 19 heavy (non-hydrogen) atoms. The molecule has 0 radical (unpaired) electrons. The number of hydrogen-bond donors (Lipinski definition) is 1. The lowest BCUT2D eigenvalue weighted by molar-refractivity contribution is 0.187. The van der Waals surface area contributed by atoms with Crippen molar-refractivity contribution in [1.29, 1.82) is 0 Å². The van der Waals surface area contributed by atoms with Crippen LogP contribution in [0.5, 0.6) is 5.75 Å². The summed E-state index contributed by atoms with van der Waals surface area (Å²) in [6.07, 6.45) is 1.13. The van der Waals surface area contributed by atoms with Crippen LogP contribution in [0.15, 0.2) is 18.2 Å². The summed E-state index contributed by atoms with van der Waals surface area (Å²) in [5.41, 5.74) is 2.23. The van der Waals surface area contributed by atoms with Crippen LogP contribution in [-0.4, -0.2) is 48.6 Å². The van der Waals surface area contributed by atoms with Gasteiger partial charge in [0.15, 0.2) is 0 Å². The first-order valence-corrected chi connectivity index (χ1v) is 7.14. The van der Waals surface area contributed by atoms with Gasteiger partial charge in [0.2, 0.25) is 0 Å². The van der Waals surface area contributed by atoms with E-state index in [0.717, 1.165) is 31.6 Å². The lowest BCUT2D eigenvalue weighted by Gasteiger charge is -2.30. The number of aromatic hydroxyl groups is 1. The highest BCUT2D eigenvalue weighted by Crippen LogP contribution is 2.29. The maximum absolute atomic E-state index is 10.1. The predicted octanol–water partition coefficient (Wildman–Crippen LogP) is 3.04. The molecule has 1 aromatic carbocycles. The molecule has 0 saturated carbocycles. The molecule has 0 fully saturated rings. The van der Waals surface area contributed by atoms with Crippen molar-refractivity contribution in [1.82, 2.24) is 9.80 Å². The second-order valence-electron chi connectivity index (χ2n) is 5.58. The summed E-state index contributed by atoms with van der Waals surface area (Å²) in [7, 11) is 4.19. The first kappa shape index (κ1) is 16.0. The fourth-order valence-electron chi connectivity index (χ4n) is 2.32. The van der Waals surface area contributed by atoms with Gasteiger partial charge in [-0.3, -0.25) is 4.90 Å². The summed E-state index contributed by atoms with van der Waals surface area (Å²) in [6, 6.07) is 6.10. The van der Waals surface area contributed by atoms with Crippen molar-refractivity contribution in [3.05, 3.63) is 29.3 Å². The van der Waals surface area contributed by atoms with Gasteiger partial charge in [-0.2, -0.15) is 0 Å². The summed E-state index contributed by atoms with van der Waals surface area (Å²) in [5, 5.41) is 10.1. The van der Waals surface area contributed by atoms with Crippen LogP contribution >= 0.6 is 0 Å². The van der Waals surface area contributed by atoms with Crippen molar-refractivity contribution >= 4 is 0 Å². The molecule has 0 amide bonds. The SMILES string of the molecule is CCCN(CCN(C)C)C(C)c1cc(C)ccc1O. The fraction of sp³-hybridized carbons (Fsp3) is 0.625. The molecule has 1 rings (SSSR count). The Morgan fingerprint density at radius 1 is 1.16 bits per heavy atom. The monoisotopic (exact) mass is 264 g/mol. The number of phenols is 1. The summed E-state index contributed by atoms with van der Waals surface area (Å²) < 4.78 is 0. The van der Waals surface area contributed by atoms with Gasteiger partial charge in [0.1, 0.15) is 5.75 Å². The molecule has 0 heterocycles. The van der Waals surface area contributed by atoms with Crippen molar-refractivity contribution in [2.45, 2.75) is 33.2 Å². The number of likely N-dealkylation sites (N-methyl/N-ethyl adjacent to an activating group) is 1. The molecule has 1 aromatic rings. The molecule has 0 spiro atoms. The molecule has 3 heteroatoms. The number of phenolic OH excluding ortho intramolecular Hbond substituents is 1. The highest BCUT2D eigenvalue weighted by atomic mass is 16.3. The van der Waals surface area contributed by atoms with Crippen LogP contribution < -0.4 is 0 Å². The van der Waals surface area contributed by atoms with Crippen molar-refractivity contribution in [3.63, 3.8) is 0 Å². The molecule has 0 aromatic heterocycles. The van der Waals surface area contributed by atoms with E-state index in [1.807, 2.05) is 6.07 Å². The lowest BCUT2D eigenvalue weighted by atomic mass is 10.0. The van der Waals surface area contributed by atoms with Crippen molar-refractivity contribution in [2.75, 3.05) is 33.7 Å². The van der Waals surface area contributed by atoms with Gasteiger partial charge in [0, 0.05) is 24.7 Å². The second-order valence-corrected chi connectivity index (χ2v) is 5.58.